The molecular weight excluding hydrogens is 530 g/mol. The number of methoxy groups -OCH3 is 1. The summed E-state index contributed by atoms with van der Waals surface area (Å²) in [5, 5.41) is 3.05. The highest BCUT2D eigenvalue weighted by Crippen LogP contribution is 2.34. The van der Waals surface area contributed by atoms with Gasteiger partial charge in [0.15, 0.2) is 5.82 Å². The van der Waals surface area contributed by atoms with Gasteiger partial charge in [-0.15, -0.1) is 0 Å². The van der Waals surface area contributed by atoms with Crippen LogP contribution in [0.2, 0.25) is 0 Å². The number of hydrogen-bond acceptors (Lipinski definition) is 8. The van der Waals surface area contributed by atoms with Crippen molar-refractivity contribution in [1.82, 2.24) is 24.5 Å². The number of anilines is 2. The predicted octanol–water partition coefficient (Wildman–Crippen LogP) is 5.35. The molecule has 0 saturated heterocycles. The molecule has 1 aliphatic carbocycles. The van der Waals surface area contributed by atoms with Gasteiger partial charge in [-0.2, -0.15) is 0 Å². The molecule has 1 saturated carbocycles. The Morgan fingerprint density at radius 1 is 0.929 bits per heavy atom. The first-order chi connectivity index (χ1) is 20.4. The molecule has 0 spiro atoms. The Balaban J connectivity index is 1.35. The number of nitrogens with one attached hydrogen (secondary N) is 1. The van der Waals surface area contributed by atoms with Crippen molar-refractivity contribution in [2.24, 2.45) is 11.8 Å². The van der Waals surface area contributed by atoms with Gasteiger partial charge < -0.3 is 15.8 Å². The number of esters is 1. The van der Waals surface area contributed by atoms with Gasteiger partial charge in [0, 0.05) is 23.9 Å². The van der Waals surface area contributed by atoms with Gasteiger partial charge in [-0.3, -0.25) is 19.1 Å². The van der Waals surface area contributed by atoms with Crippen molar-refractivity contribution < 1.29 is 14.3 Å². The van der Waals surface area contributed by atoms with E-state index in [2.05, 4.69) is 15.3 Å². The molecule has 0 bridgehead atoms. The van der Waals surface area contributed by atoms with E-state index in [0.717, 1.165) is 22.3 Å². The van der Waals surface area contributed by atoms with E-state index in [4.69, 9.17) is 20.4 Å². The summed E-state index contributed by atoms with van der Waals surface area (Å²) in [6.45, 7) is 1.86. The molecule has 212 valence electrons. The van der Waals surface area contributed by atoms with Crippen LogP contribution in [0, 0.1) is 18.8 Å². The summed E-state index contributed by atoms with van der Waals surface area (Å²) in [5.41, 5.74) is 11.7. The third-order valence-corrected chi connectivity index (χ3v) is 7.89. The molecule has 1 fully saturated rings. The fraction of sp³-hybridized carbons (Fsp3) is 0.250. The number of fused-ring (bicyclic) bond motifs is 1. The largest absolute Gasteiger partial charge is 0.469 e. The highest BCUT2D eigenvalue weighted by atomic mass is 16.5. The summed E-state index contributed by atoms with van der Waals surface area (Å²) in [6, 6.07) is 19.2. The van der Waals surface area contributed by atoms with E-state index in [1.807, 2.05) is 72.2 Å². The SMILES string of the molecule is COC(=O)[C@H]1CC[C@H](C(=O)Nc2ccc(-n3c(-c4cccnc4N)nc4ccc(-c5ccccn5)cc43)nc2C)CC1. The number of nitrogens with zero attached hydrogens (tertiary/aromatic N) is 5. The Morgan fingerprint density at radius 3 is 2.43 bits per heavy atom. The Labute approximate surface area is 243 Å². The second kappa shape index (κ2) is 11.4. The summed E-state index contributed by atoms with van der Waals surface area (Å²) >= 11 is 0. The van der Waals surface area contributed by atoms with Gasteiger partial charge in [0.2, 0.25) is 5.91 Å². The van der Waals surface area contributed by atoms with Crippen molar-refractivity contribution in [2.45, 2.75) is 32.6 Å². The average molecular weight is 562 g/mol. The first-order valence-corrected chi connectivity index (χ1v) is 13.9. The summed E-state index contributed by atoms with van der Waals surface area (Å²) < 4.78 is 6.83. The van der Waals surface area contributed by atoms with Crippen LogP contribution in [-0.4, -0.2) is 43.5 Å². The monoisotopic (exact) mass is 561 g/mol. The maximum Gasteiger partial charge on any atom is 0.308 e. The zero-order chi connectivity index (χ0) is 29.2. The van der Waals surface area contributed by atoms with Crippen molar-refractivity contribution in [1.29, 1.82) is 0 Å². The minimum Gasteiger partial charge on any atom is -0.469 e. The molecule has 6 rings (SSSR count). The molecule has 0 unspecified atom stereocenters. The van der Waals surface area contributed by atoms with Crippen LogP contribution in [0.3, 0.4) is 0 Å². The first kappa shape index (κ1) is 27.1. The number of hydrogen-bond donors (Lipinski definition) is 2. The number of aromatic nitrogens is 5. The van der Waals surface area contributed by atoms with Crippen molar-refractivity contribution in [3.63, 3.8) is 0 Å². The van der Waals surface area contributed by atoms with Gasteiger partial charge >= 0.3 is 5.97 Å². The number of nitrogens with two attached hydrogens (primary N) is 1. The number of rotatable bonds is 6. The van der Waals surface area contributed by atoms with Gasteiger partial charge in [0.25, 0.3) is 0 Å². The smallest absolute Gasteiger partial charge is 0.308 e. The number of ether oxygens (including phenoxy) is 1. The number of carbonyl (C=O) groups excluding carboxylic acids is 2. The number of carbonyl (C=O) groups is 2. The Bertz CT molecular complexity index is 1780. The van der Waals surface area contributed by atoms with Crippen molar-refractivity contribution in [2.75, 3.05) is 18.2 Å². The van der Waals surface area contributed by atoms with Crippen LogP contribution in [0.25, 0.3) is 39.5 Å². The number of nitrogen functional groups attached to an aromatic ring is 1. The van der Waals surface area contributed by atoms with Gasteiger partial charge in [-0.25, -0.2) is 15.0 Å². The summed E-state index contributed by atoms with van der Waals surface area (Å²) in [5.74, 6) is 1.05. The lowest BCUT2D eigenvalue weighted by Crippen LogP contribution is -2.30. The van der Waals surface area contributed by atoms with Gasteiger partial charge in [0.1, 0.15) is 11.6 Å². The topological polar surface area (TPSA) is 138 Å². The van der Waals surface area contributed by atoms with Gasteiger partial charge in [-0.05, 0) is 81.1 Å². The lowest BCUT2D eigenvalue weighted by molar-refractivity contribution is -0.147. The van der Waals surface area contributed by atoms with E-state index in [-0.39, 0.29) is 23.7 Å². The molecule has 10 heteroatoms. The van der Waals surface area contributed by atoms with E-state index in [9.17, 15) is 9.59 Å². The third kappa shape index (κ3) is 5.18. The van der Waals surface area contributed by atoms with Crippen LogP contribution < -0.4 is 11.1 Å². The summed E-state index contributed by atoms with van der Waals surface area (Å²) in [6.07, 6.45) is 6.00. The highest BCUT2D eigenvalue weighted by Gasteiger charge is 2.30. The Kier molecular flexibility index (Phi) is 7.35. The van der Waals surface area contributed by atoms with Crippen LogP contribution in [0.1, 0.15) is 31.4 Å². The van der Waals surface area contributed by atoms with Crippen LogP contribution in [0.4, 0.5) is 11.5 Å². The minimum atomic E-state index is -0.198. The van der Waals surface area contributed by atoms with E-state index >= 15 is 0 Å². The molecule has 0 atom stereocenters. The zero-order valence-corrected chi connectivity index (χ0v) is 23.4. The second-order valence-corrected chi connectivity index (χ2v) is 10.5. The number of pyridine rings is 3. The fourth-order valence-corrected chi connectivity index (χ4v) is 5.58. The van der Waals surface area contributed by atoms with E-state index < -0.39 is 0 Å². The van der Waals surface area contributed by atoms with Crippen molar-refractivity contribution >= 4 is 34.4 Å². The predicted molar refractivity (Wildman–Crippen MR) is 161 cm³/mol. The highest BCUT2D eigenvalue weighted by molar-refractivity contribution is 5.93. The molecule has 10 nitrogen and oxygen atoms in total. The molecule has 1 aromatic carbocycles. The molecular formula is C32H31N7O3. The molecule has 42 heavy (non-hydrogen) atoms. The zero-order valence-electron chi connectivity index (χ0n) is 23.4. The van der Waals surface area contributed by atoms with Crippen molar-refractivity contribution in [3.8, 4) is 28.5 Å². The molecule has 5 aromatic rings. The molecule has 4 heterocycles. The molecule has 1 aliphatic rings. The third-order valence-electron chi connectivity index (χ3n) is 7.89. The second-order valence-electron chi connectivity index (χ2n) is 10.5. The number of amides is 1. The summed E-state index contributed by atoms with van der Waals surface area (Å²) in [4.78, 5) is 43.6. The normalized spacial score (nSPS) is 16.7. The van der Waals surface area contributed by atoms with Gasteiger partial charge in [-0.1, -0.05) is 12.1 Å². The lowest BCUT2D eigenvalue weighted by atomic mass is 9.81. The van der Waals surface area contributed by atoms with E-state index in [1.165, 1.54) is 7.11 Å². The quantitative estimate of drug-likeness (QED) is 0.265. The van der Waals surface area contributed by atoms with Crippen molar-refractivity contribution in [3.05, 3.63) is 78.8 Å². The molecule has 1 amide bonds. The molecule has 4 aromatic heterocycles. The maximum absolute atomic E-state index is 13.1. The van der Waals surface area contributed by atoms with Crippen LogP contribution in [-0.2, 0) is 14.3 Å². The molecule has 0 radical (unpaired) electrons. The standard InChI is InChI=1S/C32H31N7O3/c1-19-24(38-31(40)20-8-10-21(11-9-20)32(41)42-2)14-15-28(36-19)39-27-18-22(25-7-3-4-16-34-25)12-13-26(27)37-30(39)23-6-5-17-35-29(23)33/h3-7,12-18,20-21H,8-11H2,1-2H3,(H2,33,35)(H,38,40)/t20-,21-. The fourth-order valence-electron chi connectivity index (χ4n) is 5.58. The lowest BCUT2D eigenvalue weighted by Gasteiger charge is -2.26. The molecule has 3 N–H and O–H groups in total. The number of benzene rings is 1. The summed E-state index contributed by atoms with van der Waals surface area (Å²) in [7, 11) is 1.40. The Morgan fingerprint density at radius 2 is 1.71 bits per heavy atom. The van der Waals surface area contributed by atoms with E-state index in [0.29, 0.717) is 60.1 Å². The minimum absolute atomic E-state index is 0.0622. The molecule has 0 aliphatic heterocycles. The Hall–Kier alpha value is -5.12. The van der Waals surface area contributed by atoms with Crippen LogP contribution >= 0.6 is 0 Å². The maximum atomic E-state index is 13.1. The van der Waals surface area contributed by atoms with E-state index in [1.54, 1.807) is 12.4 Å². The number of aryl methyl sites for hydroxylation is 1. The van der Waals surface area contributed by atoms with Gasteiger partial charge in [0.05, 0.1) is 46.7 Å². The average Bonchev–Trinajstić information content (AvgIpc) is 3.41. The first-order valence-electron chi connectivity index (χ1n) is 13.9. The number of imidazole rings is 1. The van der Waals surface area contributed by atoms with Crippen LogP contribution in [0.5, 0.6) is 0 Å². The van der Waals surface area contributed by atoms with Crippen LogP contribution in [0.15, 0.2) is 73.1 Å².